The third-order valence-corrected chi connectivity index (χ3v) is 2.97. The summed E-state index contributed by atoms with van der Waals surface area (Å²) in [5.74, 6) is 0. The highest BCUT2D eigenvalue weighted by atomic mass is 15.0. The zero-order valence-corrected chi connectivity index (χ0v) is 8.95. The first kappa shape index (κ1) is 9.66. The second kappa shape index (κ2) is 3.70. The highest BCUT2D eigenvalue weighted by Crippen LogP contribution is 2.29. The fourth-order valence-electron chi connectivity index (χ4n) is 2.04. The minimum absolute atomic E-state index is 0.0235. The van der Waals surface area contributed by atoms with E-state index in [0.717, 1.165) is 24.4 Å². The highest BCUT2D eigenvalue weighted by molar-refractivity contribution is 5.18. The summed E-state index contributed by atoms with van der Waals surface area (Å²) in [6.07, 6.45) is 3.65. The molecule has 2 nitrogen and oxygen atoms in total. The molecule has 2 rings (SSSR count). The average Bonchev–Trinajstić information content (AvgIpc) is 2.19. The third-order valence-electron chi connectivity index (χ3n) is 2.97. The Morgan fingerprint density at radius 2 is 2.14 bits per heavy atom. The van der Waals surface area contributed by atoms with Crippen LogP contribution in [0.15, 0.2) is 18.2 Å². The SMILES string of the molecule is Cc1cccc(C2(C)CCCC[N]2)n1. The second-order valence-corrected chi connectivity index (χ2v) is 4.28. The fourth-order valence-corrected chi connectivity index (χ4v) is 2.04. The Balaban J connectivity index is 2.28. The Hall–Kier alpha value is -0.890. The van der Waals surface area contributed by atoms with Crippen LogP contribution in [0.3, 0.4) is 0 Å². The molecule has 1 fully saturated rings. The van der Waals surface area contributed by atoms with Crippen LogP contribution < -0.4 is 5.32 Å². The van der Waals surface area contributed by atoms with Crippen LogP contribution in [-0.2, 0) is 5.54 Å². The van der Waals surface area contributed by atoms with E-state index < -0.39 is 0 Å². The molecule has 1 radical (unpaired) electrons. The molecule has 1 unspecified atom stereocenters. The molecule has 0 bridgehead atoms. The van der Waals surface area contributed by atoms with Crippen LogP contribution in [0.25, 0.3) is 0 Å². The number of hydrogen-bond acceptors (Lipinski definition) is 1. The molecular weight excluding hydrogens is 172 g/mol. The second-order valence-electron chi connectivity index (χ2n) is 4.28. The molecule has 2 heteroatoms. The molecule has 0 spiro atoms. The van der Waals surface area contributed by atoms with Gasteiger partial charge in [-0.15, -0.1) is 0 Å². The summed E-state index contributed by atoms with van der Waals surface area (Å²) in [4.78, 5) is 4.57. The molecule has 1 aliphatic heterocycles. The lowest BCUT2D eigenvalue weighted by Gasteiger charge is -2.32. The molecule has 0 aliphatic carbocycles. The van der Waals surface area contributed by atoms with Crippen LogP contribution in [0, 0.1) is 6.92 Å². The van der Waals surface area contributed by atoms with Crippen molar-refractivity contribution in [1.82, 2.24) is 10.3 Å². The molecule has 0 amide bonds. The third kappa shape index (κ3) is 1.80. The number of rotatable bonds is 1. The van der Waals surface area contributed by atoms with Crippen molar-refractivity contribution in [3.63, 3.8) is 0 Å². The summed E-state index contributed by atoms with van der Waals surface area (Å²) in [5.41, 5.74) is 2.20. The first-order valence-electron chi connectivity index (χ1n) is 5.33. The number of hydrogen-bond donors (Lipinski definition) is 0. The van der Waals surface area contributed by atoms with Gasteiger partial charge in [0, 0.05) is 12.2 Å². The van der Waals surface area contributed by atoms with Gasteiger partial charge in [0.05, 0.1) is 11.2 Å². The van der Waals surface area contributed by atoms with Gasteiger partial charge >= 0.3 is 0 Å². The lowest BCUT2D eigenvalue weighted by atomic mass is 9.87. The summed E-state index contributed by atoms with van der Waals surface area (Å²) in [7, 11) is 0. The van der Waals surface area contributed by atoms with Crippen molar-refractivity contribution >= 4 is 0 Å². The lowest BCUT2D eigenvalue weighted by molar-refractivity contribution is 0.268. The largest absolute Gasteiger partial charge is 0.256 e. The molecule has 1 aromatic rings. The van der Waals surface area contributed by atoms with Gasteiger partial charge in [0.1, 0.15) is 0 Å². The summed E-state index contributed by atoms with van der Waals surface area (Å²) in [6.45, 7) is 5.23. The zero-order valence-electron chi connectivity index (χ0n) is 8.95. The smallest absolute Gasteiger partial charge is 0.0748 e. The zero-order chi connectivity index (χ0) is 10.0. The molecule has 75 valence electrons. The number of aryl methyl sites for hydroxylation is 1. The van der Waals surface area contributed by atoms with Crippen LogP contribution in [0.1, 0.15) is 37.6 Å². The molecule has 14 heavy (non-hydrogen) atoms. The summed E-state index contributed by atoms with van der Waals surface area (Å²) in [5, 5.41) is 4.71. The number of nitrogens with zero attached hydrogens (tertiary/aromatic N) is 2. The van der Waals surface area contributed by atoms with E-state index in [-0.39, 0.29) is 5.54 Å². The normalized spacial score (nSPS) is 27.6. The van der Waals surface area contributed by atoms with Gasteiger partial charge in [-0.05, 0) is 45.2 Å². The number of pyridine rings is 1. The Labute approximate surface area is 85.7 Å². The first-order valence-corrected chi connectivity index (χ1v) is 5.33. The van der Waals surface area contributed by atoms with Gasteiger partial charge in [-0.2, -0.15) is 0 Å². The van der Waals surface area contributed by atoms with E-state index in [9.17, 15) is 0 Å². The summed E-state index contributed by atoms with van der Waals surface area (Å²) >= 11 is 0. The number of aromatic nitrogens is 1. The molecule has 2 heterocycles. The standard InChI is InChI=1S/C12H17N2/c1-10-6-5-7-11(14-10)12(2)8-3-4-9-13-12/h5-7H,3-4,8-9H2,1-2H3. The summed E-state index contributed by atoms with van der Waals surface area (Å²) in [6, 6.07) is 6.21. The van der Waals surface area contributed by atoms with E-state index in [1.807, 2.05) is 13.0 Å². The maximum Gasteiger partial charge on any atom is 0.0748 e. The molecule has 1 aliphatic rings. The van der Waals surface area contributed by atoms with Crippen LogP contribution in [-0.4, -0.2) is 11.5 Å². The van der Waals surface area contributed by atoms with E-state index in [1.165, 1.54) is 12.8 Å². The number of piperidine rings is 1. The van der Waals surface area contributed by atoms with Gasteiger partial charge in [0.25, 0.3) is 0 Å². The van der Waals surface area contributed by atoms with E-state index in [4.69, 9.17) is 5.32 Å². The molecule has 0 aromatic carbocycles. The van der Waals surface area contributed by atoms with Gasteiger partial charge < -0.3 is 0 Å². The molecule has 1 saturated heterocycles. The highest BCUT2D eigenvalue weighted by Gasteiger charge is 2.30. The minimum Gasteiger partial charge on any atom is -0.256 e. The maximum absolute atomic E-state index is 4.71. The minimum atomic E-state index is -0.0235. The monoisotopic (exact) mass is 189 g/mol. The predicted octanol–water partition coefficient (Wildman–Crippen LogP) is 2.39. The average molecular weight is 189 g/mol. The van der Waals surface area contributed by atoms with Crippen LogP contribution in [0.2, 0.25) is 0 Å². The summed E-state index contributed by atoms with van der Waals surface area (Å²) < 4.78 is 0. The quantitative estimate of drug-likeness (QED) is 0.666. The van der Waals surface area contributed by atoms with Crippen molar-refractivity contribution in [3.8, 4) is 0 Å². The van der Waals surface area contributed by atoms with Crippen molar-refractivity contribution in [2.45, 2.75) is 38.6 Å². The Morgan fingerprint density at radius 3 is 2.79 bits per heavy atom. The van der Waals surface area contributed by atoms with E-state index in [0.29, 0.717) is 0 Å². The van der Waals surface area contributed by atoms with Crippen LogP contribution in [0.5, 0.6) is 0 Å². The molecule has 0 saturated carbocycles. The van der Waals surface area contributed by atoms with Crippen molar-refractivity contribution < 1.29 is 0 Å². The lowest BCUT2D eigenvalue weighted by Crippen LogP contribution is -2.38. The Morgan fingerprint density at radius 1 is 1.29 bits per heavy atom. The van der Waals surface area contributed by atoms with Crippen LogP contribution in [0.4, 0.5) is 0 Å². The molecular formula is C12H17N2. The fraction of sp³-hybridized carbons (Fsp3) is 0.583. The van der Waals surface area contributed by atoms with Gasteiger partial charge in [0.15, 0.2) is 0 Å². The molecule has 1 atom stereocenters. The van der Waals surface area contributed by atoms with Crippen LogP contribution >= 0.6 is 0 Å². The van der Waals surface area contributed by atoms with Gasteiger partial charge in [-0.25, -0.2) is 5.32 Å². The predicted molar refractivity (Wildman–Crippen MR) is 57.2 cm³/mol. The van der Waals surface area contributed by atoms with Crippen molar-refractivity contribution in [2.75, 3.05) is 6.54 Å². The van der Waals surface area contributed by atoms with E-state index in [2.05, 4.69) is 24.0 Å². The maximum atomic E-state index is 4.71. The van der Waals surface area contributed by atoms with E-state index in [1.54, 1.807) is 0 Å². The van der Waals surface area contributed by atoms with Gasteiger partial charge in [-0.3, -0.25) is 4.98 Å². The Bertz CT molecular complexity index is 314. The van der Waals surface area contributed by atoms with Gasteiger partial charge in [-0.1, -0.05) is 6.07 Å². The topological polar surface area (TPSA) is 27.0 Å². The first-order chi connectivity index (χ1) is 6.71. The van der Waals surface area contributed by atoms with E-state index >= 15 is 0 Å². The van der Waals surface area contributed by atoms with Crippen molar-refractivity contribution in [1.29, 1.82) is 0 Å². The molecule has 1 aromatic heterocycles. The van der Waals surface area contributed by atoms with Gasteiger partial charge in [0.2, 0.25) is 0 Å². The van der Waals surface area contributed by atoms with Crippen molar-refractivity contribution in [2.24, 2.45) is 0 Å². The Kier molecular flexibility index (Phi) is 2.55. The van der Waals surface area contributed by atoms with Crippen molar-refractivity contribution in [3.05, 3.63) is 29.6 Å². The molecule has 0 N–H and O–H groups in total.